The second-order valence-corrected chi connectivity index (χ2v) is 6.45. The van der Waals surface area contributed by atoms with Crippen LogP contribution < -0.4 is 0 Å². The number of non-ortho nitro benzene ring substituents is 1. The van der Waals surface area contributed by atoms with Gasteiger partial charge in [-0.25, -0.2) is 4.98 Å². The van der Waals surface area contributed by atoms with Gasteiger partial charge in [0.15, 0.2) is 0 Å². The van der Waals surface area contributed by atoms with Crippen molar-refractivity contribution in [3.8, 4) is 22.5 Å². The number of ether oxygens (including phenoxy) is 1. The molecule has 4 rings (SSSR count). The molecule has 0 aliphatic carbocycles. The normalized spacial score (nSPS) is 11.0. The average Bonchev–Trinajstić information content (AvgIpc) is 3.10. The summed E-state index contributed by atoms with van der Waals surface area (Å²) in [5.41, 5.74) is 4.72. The fourth-order valence-corrected chi connectivity index (χ4v) is 3.30. The first-order chi connectivity index (χ1) is 13.7. The van der Waals surface area contributed by atoms with Crippen LogP contribution in [0.25, 0.3) is 33.5 Å². The molecule has 0 spiro atoms. The molecule has 0 atom stereocenters. The molecule has 0 saturated heterocycles. The van der Waals surface area contributed by atoms with Crippen molar-refractivity contribution in [1.29, 1.82) is 0 Å². The largest absolute Gasteiger partial charge is 0.383 e. The average molecular weight is 373 g/mol. The third kappa shape index (κ3) is 3.37. The fraction of sp³-hybridized carbons (Fsp3) is 0.136. The summed E-state index contributed by atoms with van der Waals surface area (Å²) in [5.74, 6) is 0.771. The maximum atomic E-state index is 11.1. The highest BCUT2D eigenvalue weighted by Crippen LogP contribution is 2.29. The predicted molar refractivity (Wildman–Crippen MR) is 109 cm³/mol. The summed E-state index contributed by atoms with van der Waals surface area (Å²) < 4.78 is 7.28. The van der Waals surface area contributed by atoms with E-state index in [1.54, 1.807) is 13.2 Å². The number of nitro benzene ring substituents is 1. The highest BCUT2D eigenvalue weighted by Gasteiger charge is 2.16. The van der Waals surface area contributed by atoms with Gasteiger partial charge in [-0.3, -0.25) is 10.1 Å². The van der Waals surface area contributed by atoms with E-state index in [4.69, 9.17) is 4.74 Å². The second-order valence-electron chi connectivity index (χ2n) is 6.45. The lowest BCUT2D eigenvalue weighted by Crippen LogP contribution is -2.06. The van der Waals surface area contributed by atoms with Gasteiger partial charge < -0.3 is 9.30 Å². The highest BCUT2D eigenvalue weighted by atomic mass is 16.6. The van der Waals surface area contributed by atoms with Crippen molar-refractivity contribution >= 4 is 16.7 Å². The Morgan fingerprint density at radius 3 is 2.32 bits per heavy atom. The van der Waals surface area contributed by atoms with Crippen LogP contribution in [-0.2, 0) is 11.3 Å². The van der Waals surface area contributed by atoms with E-state index in [0.29, 0.717) is 18.7 Å². The Morgan fingerprint density at radius 2 is 1.64 bits per heavy atom. The number of methoxy groups -OCH3 is 1. The number of imidazole rings is 1. The Kier molecular flexibility index (Phi) is 4.87. The molecule has 3 aromatic carbocycles. The van der Waals surface area contributed by atoms with Gasteiger partial charge in [0, 0.05) is 31.4 Å². The lowest BCUT2D eigenvalue weighted by atomic mass is 10.0. The minimum Gasteiger partial charge on any atom is -0.383 e. The smallest absolute Gasteiger partial charge is 0.271 e. The topological polar surface area (TPSA) is 70.2 Å². The molecule has 6 heteroatoms. The monoisotopic (exact) mass is 373 g/mol. The SMILES string of the molecule is COCCn1c(-c2ccc(-c3ccccc3)cc2)nc2cc([N+](=O)[O-])ccc21. The van der Waals surface area contributed by atoms with Gasteiger partial charge in [-0.1, -0.05) is 54.6 Å². The van der Waals surface area contributed by atoms with E-state index in [2.05, 4.69) is 29.2 Å². The van der Waals surface area contributed by atoms with Crippen LogP contribution >= 0.6 is 0 Å². The van der Waals surface area contributed by atoms with Crippen molar-refractivity contribution in [1.82, 2.24) is 9.55 Å². The van der Waals surface area contributed by atoms with Crippen LogP contribution in [-0.4, -0.2) is 28.2 Å². The van der Waals surface area contributed by atoms with E-state index < -0.39 is 4.92 Å². The zero-order valence-electron chi connectivity index (χ0n) is 15.4. The minimum absolute atomic E-state index is 0.0369. The van der Waals surface area contributed by atoms with Crippen molar-refractivity contribution in [2.45, 2.75) is 6.54 Å². The molecule has 0 fully saturated rings. The molecule has 0 aliphatic heterocycles. The van der Waals surface area contributed by atoms with E-state index in [0.717, 1.165) is 28.0 Å². The molecule has 0 saturated carbocycles. The predicted octanol–water partition coefficient (Wildman–Crippen LogP) is 4.92. The van der Waals surface area contributed by atoms with Crippen molar-refractivity contribution in [3.05, 3.63) is 82.9 Å². The molecule has 1 heterocycles. The molecule has 28 heavy (non-hydrogen) atoms. The summed E-state index contributed by atoms with van der Waals surface area (Å²) >= 11 is 0. The summed E-state index contributed by atoms with van der Waals surface area (Å²) in [5, 5.41) is 11.1. The standard InChI is InChI=1S/C22H19N3O3/c1-28-14-13-24-21-12-11-19(25(26)27)15-20(21)23-22(24)18-9-7-17(8-10-18)16-5-3-2-4-6-16/h2-12,15H,13-14H2,1H3. The third-order valence-corrected chi connectivity index (χ3v) is 4.71. The number of nitro groups is 1. The number of nitrogens with zero attached hydrogens (tertiary/aromatic N) is 3. The van der Waals surface area contributed by atoms with E-state index >= 15 is 0 Å². The van der Waals surface area contributed by atoms with Crippen LogP contribution in [0.4, 0.5) is 5.69 Å². The molecule has 4 aromatic rings. The molecule has 6 nitrogen and oxygen atoms in total. The minimum atomic E-state index is -0.401. The molecular formula is C22H19N3O3. The van der Waals surface area contributed by atoms with Gasteiger partial charge in [-0.05, 0) is 17.2 Å². The van der Waals surface area contributed by atoms with Gasteiger partial charge >= 0.3 is 0 Å². The Balaban J connectivity index is 1.79. The van der Waals surface area contributed by atoms with E-state index in [9.17, 15) is 10.1 Å². The molecule has 0 bridgehead atoms. The second kappa shape index (κ2) is 7.62. The summed E-state index contributed by atoms with van der Waals surface area (Å²) in [7, 11) is 1.65. The molecule has 1 aromatic heterocycles. The van der Waals surface area contributed by atoms with Crippen LogP contribution in [0.5, 0.6) is 0 Å². The Hall–Kier alpha value is -3.51. The number of aromatic nitrogens is 2. The summed E-state index contributed by atoms with van der Waals surface area (Å²) in [6, 6.07) is 23.1. The molecule has 0 unspecified atom stereocenters. The number of rotatable bonds is 6. The van der Waals surface area contributed by atoms with Gasteiger partial charge in [0.05, 0.1) is 22.6 Å². The van der Waals surface area contributed by atoms with E-state index in [-0.39, 0.29) is 5.69 Å². The highest BCUT2D eigenvalue weighted by molar-refractivity contribution is 5.83. The van der Waals surface area contributed by atoms with Crippen LogP contribution in [0.2, 0.25) is 0 Å². The van der Waals surface area contributed by atoms with Crippen molar-refractivity contribution in [3.63, 3.8) is 0 Å². The quantitative estimate of drug-likeness (QED) is 0.355. The van der Waals surface area contributed by atoms with Gasteiger partial charge in [0.2, 0.25) is 0 Å². The number of benzene rings is 3. The maximum Gasteiger partial charge on any atom is 0.271 e. The molecule has 0 radical (unpaired) electrons. The van der Waals surface area contributed by atoms with Crippen LogP contribution in [0.15, 0.2) is 72.8 Å². The Bertz CT molecular complexity index is 1120. The van der Waals surface area contributed by atoms with Crippen molar-refractivity contribution in [2.24, 2.45) is 0 Å². The van der Waals surface area contributed by atoms with Gasteiger partial charge in [0.25, 0.3) is 5.69 Å². The molecule has 0 aliphatic rings. The van der Waals surface area contributed by atoms with Gasteiger partial charge in [0.1, 0.15) is 5.82 Å². The Morgan fingerprint density at radius 1 is 0.964 bits per heavy atom. The zero-order valence-corrected chi connectivity index (χ0v) is 15.4. The first kappa shape index (κ1) is 17.9. The summed E-state index contributed by atoms with van der Waals surface area (Å²) in [6.45, 7) is 1.14. The first-order valence-electron chi connectivity index (χ1n) is 8.97. The summed E-state index contributed by atoms with van der Waals surface area (Å²) in [6.07, 6.45) is 0. The van der Waals surface area contributed by atoms with Crippen LogP contribution in [0.3, 0.4) is 0 Å². The fourth-order valence-electron chi connectivity index (χ4n) is 3.30. The molecule has 0 amide bonds. The molecular weight excluding hydrogens is 354 g/mol. The van der Waals surface area contributed by atoms with E-state index in [1.165, 1.54) is 12.1 Å². The molecule has 140 valence electrons. The zero-order chi connectivity index (χ0) is 19.5. The van der Waals surface area contributed by atoms with E-state index in [1.807, 2.05) is 34.9 Å². The van der Waals surface area contributed by atoms with Gasteiger partial charge in [-0.2, -0.15) is 0 Å². The number of hydrogen-bond donors (Lipinski definition) is 0. The number of hydrogen-bond acceptors (Lipinski definition) is 4. The first-order valence-corrected chi connectivity index (χ1v) is 8.97. The van der Waals surface area contributed by atoms with Crippen LogP contribution in [0, 0.1) is 10.1 Å². The summed E-state index contributed by atoms with van der Waals surface area (Å²) in [4.78, 5) is 15.4. The maximum absolute atomic E-state index is 11.1. The number of fused-ring (bicyclic) bond motifs is 1. The van der Waals surface area contributed by atoms with Gasteiger partial charge in [-0.15, -0.1) is 0 Å². The lowest BCUT2D eigenvalue weighted by Gasteiger charge is -2.09. The lowest BCUT2D eigenvalue weighted by molar-refractivity contribution is -0.384. The van der Waals surface area contributed by atoms with Crippen molar-refractivity contribution in [2.75, 3.05) is 13.7 Å². The third-order valence-electron chi connectivity index (χ3n) is 4.71. The van der Waals surface area contributed by atoms with Crippen LogP contribution in [0.1, 0.15) is 0 Å². The molecule has 0 N–H and O–H groups in total. The Labute approximate surface area is 162 Å². The van der Waals surface area contributed by atoms with Crippen molar-refractivity contribution < 1.29 is 9.66 Å².